The minimum atomic E-state index is -0.144. The fraction of sp³-hybridized carbons (Fsp3) is 0.562. The molecule has 4 nitrogen and oxygen atoms in total. The highest BCUT2D eigenvalue weighted by atomic mass is 35.5. The largest absolute Gasteiger partial charge is 0.335 e. The number of halogens is 1. The molecule has 21 heavy (non-hydrogen) atoms. The van der Waals surface area contributed by atoms with Gasteiger partial charge in [-0.3, -0.25) is 10.2 Å². The molecule has 1 aromatic carbocycles. The number of rotatable bonds is 4. The zero-order valence-corrected chi connectivity index (χ0v) is 13.8. The van der Waals surface area contributed by atoms with Gasteiger partial charge in [0.1, 0.15) is 0 Å². The van der Waals surface area contributed by atoms with Gasteiger partial charge in [0.15, 0.2) is 0 Å². The van der Waals surface area contributed by atoms with Gasteiger partial charge in [-0.05, 0) is 23.6 Å². The lowest BCUT2D eigenvalue weighted by molar-refractivity contribution is -0.884. The number of likely N-dealkylation sites (N-methyl/N-ethyl adjacent to an activating group) is 1. The Labute approximate surface area is 132 Å². The molecule has 0 bridgehead atoms. The van der Waals surface area contributed by atoms with Crippen molar-refractivity contribution < 1.29 is 9.69 Å². The summed E-state index contributed by atoms with van der Waals surface area (Å²) < 4.78 is 0. The van der Waals surface area contributed by atoms with Crippen molar-refractivity contribution in [2.45, 2.75) is 19.8 Å². The van der Waals surface area contributed by atoms with Crippen LogP contribution in [0.5, 0.6) is 0 Å². The summed E-state index contributed by atoms with van der Waals surface area (Å²) in [6.45, 7) is 8.09. The van der Waals surface area contributed by atoms with Crippen LogP contribution >= 0.6 is 11.6 Å². The number of carbonyl (C=O) groups excluding carboxylic acids is 1. The Morgan fingerprint density at radius 3 is 2.33 bits per heavy atom. The van der Waals surface area contributed by atoms with Crippen LogP contribution in [0.2, 0.25) is 5.02 Å². The molecule has 1 aliphatic rings. The molecule has 5 heteroatoms. The van der Waals surface area contributed by atoms with Gasteiger partial charge in [-0.25, -0.2) is 5.01 Å². The SMILES string of the molecule is CC(C)[C@@H](C(=O)NN1CC[NH+](C)CC1)c1ccc(Cl)cc1. The third kappa shape index (κ3) is 4.43. The lowest BCUT2D eigenvalue weighted by Gasteiger charge is -2.32. The minimum Gasteiger partial charge on any atom is -0.335 e. The molecule has 1 aromatic rings. The number of hydrogen-bond acceptors (Lipinski definition) is 2. The lowest BCUT2D eigenvalue weighted by atomic mass is 9.88. The number of hydrogen-bond donors (Lipinski definition) is 2. The van der Waals surface area contributed by atoms with Gasteiger partial charge in [0.2, 0.25) is 5.91 Å². The first kappa shape index (κ1) is 16.3. The van der Waals surface area contributed by atoms with Crippen molar-refractivity contribution in [1.82, 2.24) is 10.4 Å². The van der Waals surface area contributed by atoms with E-state index in [4.69, 9.17) is 11.6 Å². The minimum absolute atomic E-state index is 0.0758. The summed E-state index contributed by atoms with van der Waals surface area (Å²) >= 11 is 5.93. The van der Waals surface area contributed by atoms with Crippen molar-refractivity contribution in [3.8, 4) is 0 Å². The predicted molar refractivity (Wildman–Crippen MR) is 85.4 cm³/mol. The summed E-state index contributed by atoms with van der Waals surface area (Å²) in [4.78, 5) is 14.1. The van der Waals surface area contributed by atoms with Crippen molar-refractivity contribution in [1.29, 1.82) is 0 Å². The predicted octanol–water partition coefficient (Wildman–Crippen LogP) is 0.941. The standard InChI is InChI=1S/C16H24ClN3O/c1-12(2)15(13-4-6-14(17)7-5-13)16(21)18-20-10-8-19(3)9-11-20/h4-7,12,15H,8-11H2,1-3H3,(H,18,21)/p+1/t15-/m1/s1. The van der Waals surface area contributed by atoms with Crippen LogP contribution in [0, 0.1) is 5.92 Å². The summed E-state index contributed by atoms with van der Waals surface area (Å²) in [5.41, 5.74) is 4.10. The fourth-order valence-corrected chi connectivity index (χ4v) is 2.86. The third-order valence-corrected chi connectivity index (χ3v) is 4.32. The molecule has 2 rings (SSSR count). The Morgan fingerprint density at radius 1 is 1.24 bits per heavy atom. The van der Waals surface area contributed by atoms with E-state index >= 15 is 0 Å². The van der Waals surface area contributed by atoms with Gasteiger partial charge in [0, 0.05) is 5.02 Å². The summed E-state index contributed by atoms with van der Waals surface area (Å²) in [6.07, 6.45) is 0. The fourth-order valence-electron chi connectivity index (χ4n) is 2.73. The maximum absolute atomic E-state index is 12.6. The molecular weight excluding hydrogens is 286 g/mol. The summed E-state index contributed by atoms with van der Waals surface area (Å²) in [7, 11) is 2.18. The molecule has 1 atom stereocenters. The smallest absolute Gasteiger partial charge is 0.242 e. The van der Waals surface area contributed by atoms with E-state index in [1.165, 1.54) is 4.90 Å². The van der Waals surface area contributed by atoms with E-state index < -0.39 is 0 Å². The van der Waals surface area contributed by atoms with Gasteiger partial charge >= 0.3 is 0 Å². The average Bonchev–Trinajstić information content (AvgIpc) is 2.43. The molecule has 0 spiro atoms. The van der Waals surface area contributed by atoms with Crippen LogP contribution in [0.25, 0.3) is 0 Å². The lowest BCUT2D eigenvalue weighted by Crippen LogP contribution is -3.12. The van der Waals surface area contributed by atoms with Gasteiger partial charge in [0.25, 0.3) is 0 Å². The number of quaternary nitrogens is 1. The van der Waals surface area contributed by atoms with Gasteiger partial charge in [-0.1, -0.05) is 37.6 Å². The molecule has 1 heterocycles. The molecule has 1 fully saturated rings. The Hall–Kier alpha value is -1.10. The summed E-state index contributed by atoms with van der Waals surface area (Å²) in [6, 6.07) is 7.58. The van der Waals surface area contributed by atoms with E-state index in [0.29, 0.717) is 5.02 Å². The van der Waals surface area contributed by atoms with E-state index in [2.05, 4.69) is 26.3 Å². The van der Waals surface area contributed by atoms with Crippen molar-refractivity contribution in [2.75, 3.05) is 33.2 Å². The molecule has 0 saturated carbocycles. The van der Waals surface area contributed by atoms with Crippen LogP contribution in [-0.4, -0.2) is 44.1 Å². The van der Waals surface area contributed by atoms with E-state index in [1.807, 2.05) is 29.3 Å². The number of nitrogens with one attached hydrogen (secondary N) is 2. The van der Waals surface area contributed by atoms with E-state index in [0.717, 1.165) is 31.7 Å². The summed E-state index contributed by atoms with van der Waals surface area (Å²) in [5, 5.41) is 2.74. The Balaban J connectivity index is 2.04. The van der Waals surface area contributed by atoms with Crippen molar-refractivity contribution >= 4 is 17.5 Å². The number of carbonyl (C=O) groups is 1. The number of benzene rings is 1. The maximum Gasteiger partial charge on any atom is 0.242 e. The van der Waals surface area contributed by atoms with E-state index in [-0.39, 0.29) is 17.7 Å². The molecule has 0 radical (unpaired) electrons. The quantitative estimate of drug-likeness (QED) is 0.868. The monoisotopic (exact) mass is 310 g/mol. The van der Waals surface area contributed by atoms with Crippen molar-refractivity contribution in [3.05, 3.63) is 34.9 Å². The van der Waals surface area contributed by atoms with Crippen LogP contribution in [-0.2, 0) is 4.79 Å². The average molecular weight is 311 g/mol. The third-order valence-electron chi connectivity index (χ3n) is 4.06. The molecule has 1 amide bonds. The number of hydrazine groups is 1. The van der Waals surface area contributed by atoms with E-state index in [1.54, 1.807) is 0 Å². The highest BCUT2D eigenvalue weighted by Crippen LogP contribution is 2.26. The summed E-state index contributed by atoms with van der Waals surface area (Å²) in [5.74, 6) is 0.172. The normalized spacial score (nSPS) is 18.7. The molecule has 1 aliphatic heterocycles. The molecule has 116 valence electrons. The van der Waals surface area contributed by atoms with Crippen LogP contribution in [0.15, 0.2) is 24.3 Å². The molecular formula is C16H25ClN3O+. The number of nitrogens with zero attached hydrogens (tertiary/aromatic N) is 1. The van der Waals surface area contributed by atoms with Gasteiger partial charge in [-0.2, -0.15) is 0 Å². The van der Waals surface area contributed by atoms with Gasteiger partial charge < -0.3 is 4.90 Å². The first-order chi connectivity index (χ1) is 9.97. The first-order valence-corrected chi connectivity index (χ1v) is 7.97. The van der Waals surface area contributed by atoms with Crippen molar-refractivity contribution in [3.63, 3.8) is 0 Å². The zero-order chi connectivity index (χ0) is 15.4. The zero-order valence-electron chi connectivity index (χ0n) is 13.0. The number of amides is 1. The Morgan fingerprint density at radius 2 is 1.81 bits per heavy atom. The van der Waals surface area contributed by atoms with Crippen molar-refractivity contribution in [2.24, 2.45) is 5.92 Å². The van der Waals surface area contributed by atoms with Crippen LogP contribution in [0.1, 0.15) is 25.3 Å². The van der Waals surface area contributed by atoms with Gasteiger partial charge in [-0.15, -0.1) is 0 Å². The number of piperazine rings is 1. The Bertz CT molecular complexity index is 467. The maximum atomic E-state index is 12.6. The first-order valence-electron chi connectivity index (χ1n) is 7.59. The van der Waals surface area contributed by atoms with Crippen LogP contribution in [0.3, 0.4) is 0 Å². The van der Waals surface area contributed by atoms with Crippen LogP contribution < -0.4 is 10.3 Å². The topological polar surface area (TPSA) is 36.8 Å². The highest BCUT2D eigenvalue weighted by molar-refractivity contribution is 6.30. The van der Waals surface area contributed by atoms with Gasteiger partial charge in [0.05, 0.1) is 39.1 Å². The second-order valence-electron chi connectivity index (χ2n) is 6.19. The molecule has 0 aliphatic carbocycles. The highest BCUT2D eigenvalue weighted by Gasteiger charge is 2.27. The second kappa shape index (κ2) is 7.25. The molecule has 0 unspecified atom stereocenters. The Kier molecular flexibility index (Phi) is 5.62. The van der Waals surface area contributed by atoms with Crippen LogP contribution in [0.4, 0.5) is 0 Å². The molecule has 2 N–H and O–H groups in total. The van der Waals surface area contributed by atoms with E-state index in [9.17, 15) is 4.79 Å². The molecule has 1 saturated heterocycles. The molecule has 0 aromatic heterocycles. The second-order valence-corrected chi connectivity index (χ2v) is 6.63.